The number of benzene rings is 3. The summed E-state index contributed by atoms with van der Waals surface area (Å²) >= 11 is 0. The molecule has 4 rings (SSSR count). The molecule has 0 fully saturated rings. The van der Waals surface area contributed by atoms with Crippen LogP contribution in [0.3, 0.4) is 0 Å². The minimum atomic E-state index is -1.12. The SMILES string of the molecule is O=C(CC(C(=O)O)c1c[nH]c2ccccc12)c1ccccc1.O=C(O)/C=C/C(=O)c1ccccc1. The Labute approximate surface area is 201 Å². The van der Waals surface area contributed by atoms with E-state index in [1.165, 1.54) is 0 Å². The first kappa shape index (κ1) is 24.9. The Bertz CT molecular complexity index is 1360. The van der Waals surface area contributed by atoms with Crippen LogP contribution in [0, 0.1) is 0 Å². The highest BCUT2D eigenvalue weighted by molar-refractivity contribution is 6.06. The van der Waals surface area contributed by atoms with Crippen molar-refractivity contribution in [2.24, 2.45) is 0 Å². The zero-order chi connectivity index (χ0) is 25.2. The summed E-state index contributed by atoms with van der Waals surface area (Å²) < 4.78 is 0. The number of carbonyl (C=O) groups excluding carboxylic acids is 2. The number of carboxylic acids is 2. The number of aliphatic carboxylic acids is 2. The second kappa shape index (κ2) is 11.9. The number of carboxylic acid groups (broad SMARTS) is 2. The van der Waals surface area contributed by atoms with Gasteiger partial charge in [-0.3, -0.25) is 14.4 Å². The number of aromatic nitrogens is 1. The minimum absolute atomic E-state index is 0.0544. The predicted octanol–water partition coefficient (Wildman–Crippen LogP) is 5.12. The van der Waals surface area contributed by atoms with E-state index in [1.54, 1.807) is 60.8 Å². The zero-order valence-corrected chi connectivity index (χ0v) is 18.6. The van der Waals surface area contributed by atoms with Gasteiger partial charge in [-0.05, 0) is 17.7 Å². The lowest BCUT2D eigenvalue weighted by Gasteiger charge is -2.11. The van der Waals surface area contributed by atoms with Gasteiger partial charge in [0.25, 0.3) is 0 Å². The number of H-pyrrole nitrogens is 1. The molecule has 0 aliphatic heterocycles. The van der Waals surface area contributed by atoms with Crippen LogP contribution in [0.5, 0.6) is 0 Å². The van der Waals surface area contributed by atoms with Gasteiger partial charge in [0.2, 0.25) is 0 Å². The highest BCUT2D eigenvalue weighted by Gasteiger charge is 2.26. The van der Waals surface area contributed by atoms with Gasteiger partial charge in [0.15, 0.2) is 11.6 Å². The highest BCUT2D eigenvalue weighted by atomic mass is 16.4. The largest absolute Gasteiger partial charge is 0.481 e. The number of allylic oxidation sites excluding steroid dienone is 1. The zero-order valence-electron chi connectivity index (χ0n) is 18.6. The first-order chi connectivity index (χ1) is 16.9. The fourth-order valence-electron chi connectivity index (χ4n) is 3.49. The summed E-state index contributed by atoms with van der Waals surface area (Å²) in [5.41, 5.74) is 2.54. The fourth-order valence-corrected chi connectivity index (χ4v) is 3.49. The van der Waals surface area contributed by atoms with Crippen LogP contribution in [0.4, 0.5) is 0 Å². The molecular formula is C28H23NO6. The molecule has 0 spiro atoms. The monoisotopic (exact) mass is 469 g/mol. The van der Waals surface area contributed by atoms with Gasteiger partial charge < -0.3 is 15.2 Å². The molecule has 35 heavy (non-hydrogen) atoms. The van der Waals surface area contributed by atoms with E-state index in [2.05, 4.69) is 4.98 Å². The number of hydrogen-bond acceptors (Lipinski definition) is 4. The van der Waals surface area contributed by atoms with Crippen LogP contribution in [0.1, 0.15) is 38.6 Å². The molecule has 0 bridgehead atoms. The van der Waals surface area contributed by atoms with Crippen molar-refractivity contribution in [1.82, 2.24) is 4.98 Å². The Morgan fingerprint density at radius 3 is 1.91 bits per heavy atom. The summed E-state index contributed by atoms with van der Waals surface area (Å²) in [5.74, 6) is -3.44. The molecule has 7 nitrogen and oxygen atoms in total. The number of nitrogens with one attached hydrogen (secondary N) is 1. The molecule has 1 unspecified atom stereocenters. The molecule has 0 radical (unpaired) electrons. The number of fused-ring (bicyclic) bond motifs is 1. The maximum Gasteiger partial charge on any atom is 0.328 e. The van der Waals surface area contributed by atoms with Crippen LogP contribution in [-0.2, 0) is 9.59 Å². The van der Waals surface area contributed by atoms with Gasteiger partial charge in [0, 0.05) is 40.7 Å². The standard InChI is InChI=1S/C18H15NO3.C10H8O3/c20-17(12-6-2-1-3-7-12)10-14(18(21)22)15-11-19-16-9-5-4-8-13(15)16;11-9(6-7-10(12)13)8-4-2-1-3-5-8/h1-9,11,14,19H,10H2,(H,21,22);1-7H,(H,12,13)/b;7-6+. The lowest BCUT2D eigenvalue weighted by Crippen LogP contribution is -2.16. The summed E-state index contributed by atoms with van der Waals surface area (Å²) in [7, 11) is 0. The number of aromatic amines is 1. The van der Waals surface area contributed by atoms with E-state index in [0.717, 1.165) is 23.1 Å². The molecule has 0 aliphatic carbocycles. The minimum Gasteiger partial charge on any atom is -0.481 e. The van der Waals surface area contributed by atoms with Gasteiger partial charge >= 0.3 is 11.9 Å². The Balaban J connectivity index is 0.000000225. The number of hydrogen-bond donors (Lipinski definition) is 3. The number of rotatable bonds is 8. The molecule has 3 N–H and O–H groups in total. The van der Waals surface area contributed by atoms with Crippen LogP contribution in [-0.4, -0.2) is 38.7 Å². The van der Waals surface area contributed by atoms with Crippen molar-refractivity contribution in [1.29, 1.82) is 0 Å². The van der Waals surface area contributed by atoms with Crippen LogP contribution in [0.25, 0.3) is 10.9 Å². The molecule has 7 heteroatoms. The van der Waals surface area contributed by atoms with Gasteiger partial charge in [0.1, 0.15) is 0 Å². The van der Waals surface area contributed by atoms with Gasteiger partial charge in [-0.15, -0.1) is 0 Å². The normalized spacial score (nSPS) is 11.4. The molecule has 0 amide bonds. The van der Waals surface area contributed by atoms with E-state index in [-0.39, 0.29) is 18.0 Å². The van der Waals surface area contributed by atoms with E-state index in [0.29, 0.717) is 16.7 Å². The molecule has 3 aromatic carbocycles. The van der Waals surface area contributed by atoms with Gasteiger partial charge in [0.05, 0.1) is 5.92 Å². The molecule has 0 saturated carbocycles. The van der Waals surface area contributed by atoms with Crippen LogP contribution in [0.2, 0.25) is 0 Å². The van der Waals surface area contributed by atoms with Crippen molar-refractivity contribution >= 4 is 34.4 Å². The molecule has 1 aromatic heterocycles. The summed E-state index contributed by atoms with van der Waals surface area (Å²) in [6, 6.07) is 24.8. The van der Waals surface area contributed by atoms with Crippen molar-refractivity contribution < 1.29 is 29.4 Å². The van der Waals surface area contributed by atoms with Gasteiger partial charge in [-0.25, -0.2) is 4.79 Å². The summed E-state index contributed by atoms with van der Waals surface area (Å²) in [5, 5.41) is 18.6. The average Bonchev–Trinajstić information content (AvgIpc) is 3.30. The van der Waals surface area contributed by atoms with Crippen LogP contribution in [0.15, 0.2) is 103 Å². The van der Waals surface area contributed by atoms with E-state index in [1.807, 2.05) is 30.3 Å². The number of Topliss-reactive ketones (excluding diaryl/α,β-unsaturated/α-hetero) is 1. The molecule has 0 aliphatic rings. The maximum absolute atomic E-state index is 12.3. The lowest BCUT2D eigenvalue weighted by atomic mass is 9.91. The highest BCUT2D eigenvalue weighted by Crippen LogP contribution is 2.29. The second-order valence-electron chi connectivity index (χ2n) is 7.58. The van der Waals surface area contributed by atoms with Crippen LogP contribution < -0.4 is 0 Å². The van der Waals surface area contributed by atoms with Gasteiger partial charge in [-0.2, -0.15) is 0 Å². The summed E-state index contributed by atoms with van der Waals surface area (Å²) in [4.78, 5) is 48.3. The molecule has 1 heterocycles. The summed E-state index contributed by atoms with van der Waals surface area (Å²) in [6.45, 7) is 0. The molecule has 1 atom stereocenters. The average molecular weight is 469 g/mol. The third-order valence-electron chi connectivity index (χ3n) is 5.22. The van der Waals surface area contributed by atoms with E-state index >= 15 is 0 Å². The second-order valence-corrected chi connectivity index (χ2v) is 7.58. The molecule has 0 saturated heterocycles. The topological polar surface area (TPSA) is 125 Å². The van der Waals surface area contributed by atoms with E-state index < -0.39 is 17.9 Å². The van der Waals surface area contributed by atoms with Crippen molar-refractivity contribution in [2.75, 3.05) is 0 Å². The fraction of sp³-hybridized carbons (Fsp3) is 0.0714. The molecule has 4 aromatic rings. The lowest BCUT2D eigenvalue weighted by molar-refractivity contribution is -0.138. The maximum atomic E-state index is 12.3. The van der Waals surface area contributed by atoms with Gasteiger partial charge in [-0.1, -0.05) is 78.9 Å². The Morgan fingerprint density at radius 2 is 1.31 bits per heavy atom. The molecular weight excluding hydrogens is 446 g/mol. The van der Waals surface area contributed by atoms with Crippen molar-refractivity contribution in [3.05, 3.63) is 120 Å². The smallest absolute Gasteiger partial charge is 0.328 e. The van der Waals surface area contributed by atoms with E-state index in [9.17, 15) is 24.3 Å². The summed E-state index contributed by atoms with van der Waals surface area (Å²) in [6.07, 6.45) is 3.50. The first-order valence-electron chi connectivity index (χ1n) is 10.7. The van der Waals surface area contributed by atoms with Crippen molar-refractivity contribution in [2.45, 2.75) is 12.3 Å². The predicted molar refractivity (Wildman–Crippen MR) is 132 cm³/mol. The Hall–Kier alpha value is -4.78. The quantitative estimate of drug-likeness (QED) is 0.243. The number of ketones is 2. The van der Waals surface area contributed by atoms with Crippen molar-refractivity contribution in [3.63, 3.8) is 0 Å². The Morgan fingerprint density at radius 1 is 0.743 bits per heavy atom. The third-order valence-corrected chi connectivity index (χ3v) is 5.22. The Kier molecular flexibility index (Phi) is 8.45. The first-order valence-corrected chi connectivity index (χ1v) is 10.7. The number of carbonyl (C=O) groups is 4. The molecule has 176 valence electrons. The third kappa shape index (κ3) is 6.85. The van der Waals surface area contributed by atoms with Crippen molar-refractivity contribution in [3.8, 4) is 0 Å². The van der Waals surface area contributed by atoms with Crippen LogP contribution >= 0.6 is 0 Å². The number of para-hydroxylation sites is 1. The van der Waals surface area contributed by atoms with E-state index in [4.69, 9.17) is 5.11 Å².